The molecule has 0 radical (unpaired) electrons. The summed E-state index contributed by atoms with van der Waals surface area (Å²) in [5, 5.41) is 3.36. The Morgan fingerprint density at radius 2 is 1.90 bits per heavy atom. The third-order valence-corrected chi connectivity index (χ3v) is 4.50. The lowest BCUT2D eigenvalue weighted by Gasteiger charge is -2.24. The van der Waals surface area contributed by atoms with Gasteiger partial charge in [-0.3, -0.25) is 4.79 Å². The van der Waals surface area contributed by atoms with Gasteiger partial charge >= 0.3 is 0 Å². The van der Waals surface area contributed by atoms with Gasteiger partial charge in [-0.25, -0.2) is 4.39 Å². The third-order valence-electron chi connectivity index (χ3n) is 4.50. The number of rotatable bonds is 6. The number of amides is 1. The van der Waals surface area contributed by atoms with Crippen molar-refractivity contribution in [2.75, 3.05) is 6.54 Å². The van der Waals surface area contributed by atoms with Gasteiger partial charge in [0.15, 0.2) is 0 Å². The zero-order valence-corrected chi connectivity index (χ0v) is 12.4. The molecule has 3 rings (SSSR count). The van der Waals surface area contributed by atoms with Crippen LogP contribution < -0.4 is 5.32 Å². The molecule has 0 saturated heterocycles. The van der Waals surface area contributed by atoms with Gasteiger partial charge in [0, 0.05) is 24.2 Å². The van der Waals surface area contributed by atoms with E-state index in [0.717, 1.165) is 12.8 Å². The van der Waals surface area contributed by atoms with Crippen LogP contribution in [0.3, 0.4) is 0 Å². The average Bonchev–Trinajstić information content (AvgIpc) is 3.19. The van der Waals surface area contributed by atoms with E-state index in [4.69, 9.17) is 0 Å². The SMILES string of the molecule is O=C(CNC1CCCC1)N(Cc1ccccc1F)C1CC1. The molecule has 0 aromatic heterocycles. The number of hydrogen-bond donors (Lipinski definition) is 1. The van der Waals surface area contributed by atoms with Crippen LogP contribution in [-0.4, -0.2) is 29.4 Å². The molecule has 0 atom stereocenters. The van der Waals surface area contributed by atoms with E-state index in [9.17, 15) is 9.18 Å². The molecule has 0 heterocycles. The Balaban J connectivity index is 1.58. The molecule has 1 aromatic carbocycles. The van der Waals surface area contributed by atoms with Gasteiger partial charge in [-0.15, -0.1) is 0 Å². The van der Waals surface area contributed by atoms with Gasteiger partial charge in [-0.05, 0) is 31.7 Å². The van der Waals surface area contributed by atoms with Gasteiger partial charge in [-0.1, -0.05) is 31.0 Å². The number of carbonyl (C=O) groups excluding carboxylic acids is 1. The molecule has 3 nitrogen and oxygen atoms in total. The lowest BCUT2D eigenvalue weighted by molar-refractivity contribution is -0.131. The highest BCUT2D eigenvalue weighted by molar-refractivity contribution is 5.79. The molecule has 1 aromatic rings. The van der Waals surface area contributed by atoms with Crippen LogP contribution in [0, 0.1) is 5.82 Å². The molecule has 0 spiro atoms. The van der Waals surface area contributed by atoms with Crippen LogP contribution in [0.4, 0.5) is 4.39 Å². The Morgan fingerprint density at radius 3 is 2.57 bits per heavy atom. The summed E-state index contributed by atoms with van der Waals surface area (Å²) in [6.45, 7) is 0.776. The zero-order valence-electron chi connectivity index (χ0n) is 12.4. The summed E-state index contributed by atoms with van der Waals surface area (Å²) in [7, 11) is 0. The van der Waals surface area contributed by atoms with Gasteiger partial charge in [0.1, 0.15) is 5.82 Å². The van der Waals surface area contributed by atoms with Crippen LogP contribution in [0.5, 0.6) is 0 Å². The first-order valence-electron chi connectivity index (χ1n) is 8.00. The summed E-state index contributed by atoms with van der Waals surface area (Å²) >= 11 is 0. The average molecular weight is 290 g/mol. The van der Waals surface area contributed by atoms with Gasteiger partial charge in [-0.2, -0.15) is 0 Å². The summed E-state index contributed by atoms with van der Waals surface area (Å²) < 4.78 is 13.8. The highest BCUT2D eigenvalue weighted by atomic mass is 19.1. The Morgan fingerprint density at radius 1 is 1.19 bits per heavy atom. The van der Waals surface area contributed by atoms with Crippen LogP contribution in [0.25, 0.3) is 0 Å². The fourth-order valence-corrected chi connectivity index (χ4v) is 3.08. The summed E-state index contributed by atoms with van der Waals surface area (Å²) in [4.78, 5) is 14.3. The molecule has 0 unspecified atom stereocenters. The van der Waals surface area contributed by atoms with E-state index in [1.807, 2.05) is 11.0 Å². The van der Waals surface area contributed by atoms with E-state index in [-0.39, 0.29) is 11.7 Å². The minimum Gasteiger partial charge on any atom is -0.334 e. The monoisotopic (exact) mass is 290 g/mol. The number of benzene rings is 1. The molecule has 4 heteroatoms. The van der Waals surface area contributed by atoms with Crippen molar-refractivity contribution in [2.45, 2.75) is 57.2 Å². The quantitative estimate of drug-likeness (QED) is 0.874. The standard InChI is InChI=1S/C17H23FN2O/c18-16-8-4-1-5-13(16)12-20(15-9-10-15)17(21)11-19-14-6-2-3-7-14/h1,4-5,8,14-15,19H,2-3,6-7,9-12H2. The van der Waals surface area contributed by atoms with Crippen LogP contribution in [0.1, 0.15) is 44.1 Å². The Labute approximate surface area is 125 Å². The fourth-order valence-electron chi connectivity index (χ4n) is 3.08. The number of nitrogens with one attached hydrogen (secondary N) is 1. The van der Waals surface area contributed by atoms with Gasteiger partial charge in [0.05, 0.1) is 6.54 Å². The van der Waals surface area contributed by atoms with E-state index in [1.54, 1.807) is 12.1 Å². The smallest absolute Gasteiger partial charge is 0.237 e. The summed E-state index contributed by atoms with van der Waals surface area (Å²) in [5.41, 5.74) is 0.610. The molecular formula is C17H23FN2O. The maximum absolute atomic E-state index is 13.8. The number of carbonyl (C=O) groups is 1. The molecule has 2 aliphatic rings. The molecule has 114 valence electrons. The molecule has 1 amide bonds. The van der Waals surface area contributed by atoms with Gasteiger partial charge < -0.3 is 10.2 Å². The van der Waals surface area contributed by atoms with E-state index in [0.29, 0.717) is 30.7 Å². The number of halogens is 1. The molecule has 0 bridgehead atoms. The Hall–Kier alpha value is -1.42. The summed E-state index contributed by atoms with van der Waals surface area (Å²) in [5.74, 6) is -0.118. The second kappa shape index (κ2) is 6.56. The topological polar surface area (TPSA) is 32.3 Å². The molecule has 2 aliphatic carbocycles. The highest BCUT2D eigenvalue weighted by Gasteiger charge is 2.33. The lowest BCUT2D eigenvalue weighted by Crippen LogP contribution is -2.41. The lowest BCUT2D eigenvalue weighted by atomic mass is 10.2. The van der Waals surface area contributed by atoms with E-state index < -0.39 is 0 Å². The maximum Gasteiger partial charge on any atom is 0.237 e. The van der Waals surface area contributed by atoms with Crippen molar-refractivity contribution >= 4 is 5.91 Å². The van der Waals surface area contributed by atoms with Crippen molar-refractivity contribution in [3.8, 4) is 0 Å². The number of nitrogens with zero attached hydrogens (tertiary/aromatic N) is 1. The van der Waals surface area contributed by atoms with Crippen molar-refractivity contribution in [3.05, 3.63) is 35.6 Å². The Kier molecular flexibility index (Phi) is 4.54. The highest BCUT2D eigenvalue weighted by Crippen LogP contribution is 2.29. The Bertz CT molecular complexity index is 495. The zero-order chi connectivity index (χ0) is 14.7. The molecule has 21 heavy (non-hydrogen) atoms. The third kappa shape index (κ3) is 3.82. The molecule has 2 saturated carbocycles. The normalized spacial score (nSPS) is 18.9. The van der Waals surface area contributed by atoms with E-state index in [1.165, 1.54) is 31.7 Å². The predicted octanol–water partition coefficient (Wildman–Crippen LogP) is 2.85. The predicted molar refractivity (Wildman–Crippen MR) is 80.2 cm³/mol. The molecule has 1 N–H and O–H groups in total. The van der Waals surface area contributed by atoms with Gasteiger partial charge in [0.25, 0.3) is 0 Å². The van der Waals surface area contributed by atoms with Crippen LogP contribution in [-0.2, 0) is 11.3 Å². The van der Waals surface area contributed by atoms with Gasteiger partial charge in [0.2, 0.25) is 5.91 Å². The molecule has 0 aliphatic heterocycles. The summed E-state index contributed by atoms with van der Waals surface area (Å²) in [6, 6.07) is 7.53. The van der Waals surface area contributed by atoms with Crippen molar-refractivity contribution in [3.63, 3.8) is 0 Å². The molecular weight excluding hydrogens is 267 g/mol. The maximum atomic E-state index is 13.8. The van der Waals surface area contributed by atoms with E-state index in [2.05, 4.69) is 5.32 Å². The second-order valence-electron chi connectivity index (χ2n) is 6.21. The number of hydrogen-bond acceptors (Lipinski definition) is 2. The van der Waals surface area contributed by atoms with Crippen LogP contribution in [0.2, 0.25) is 0 Å². The second-order valence-corrected chi connectivity index (χ2v) is 6.21. The largest absolute Gasteiger partial charge is 0.334 e. The van der Waals surface area contributed by atoms with E-state index >= 15 is 0 Å². The van der Waals surface area contributed by atoms with Crippen molar-refractivity contribution in [1.82, 2.24) is 10.2 Å². The van der Waals surface area contributed by atoms with Crippen molar-refractivity contribution < 1.29 is 9.18 Å². The van der Waals surface area contributed by atoms with Crippen LogP contribution >= 0.6 is 0 Å². The van der Waals surface area contributed by atoms with Crippen molar-refractivity contribution in [1.29, 1.82) is 0 Å². The van der Waals surface area contributed by atoms with Crippen LogP contribution in [0.15, 0.2) is 24.3 Å². The minimum atomic E-state index is -0.222. The summed E-state index contributed by atoms with van der Waals surface area (Å²) in [6.07, 6.45) is 6.95. The first kappa shape index (κ1) is 14.5. The fraction of sp³-hybridized carbons (Fsp3) is 0.588. The molecule has 2 fully saturated rings. The first-order chi connectivity index (χ1) is 10.2. The van der Waals surface area contributed by atoms with Crippen molar-refractivity contribution in [2.24, 2.45) is 0 Å². The first-order valence-corrected chi connectivity index (χ1v) is 8.00. The minimum absolute atomic E-state index is 0.104.